The maximum atomic E-state index is 7.44. The predicted octanol–water partition coefficient (Wildman–Crippen LogP) is 10.9. The van der Waals surface area contributed by atoms with E-state index in [9.17, 15) is 0 Å². The van der Waals surface area contributed by atoms with Gasteiger partial charge in [0.1, 0.15) is 0 Å². The van der Waals surface area contributed by atoms with Crippen LogP contribution in [0.3, 0.4) is 0 Å². The van der Waals surface area contributed by atoms with Gasteiger partial charge in [0, 0.05) is 0 Å². The van der Waals surface area contributed by atoms with Gasteiger partial charge in [-0.25, -0.2) is 0 Å². The quantitative estimate of drug-likeness (QED) is 0.132. The van der Waals surface area contributed by atoms with Gasteiger partial charge in [0.25, 0.3) is 0 Å². The summed E-state index contributed by atoms with van der Waals surface area (Å²) < 4.78 is 19.9. The van der Waals surface area contributed by atoms with Crippen LogP contribution in [0.5, 0.6) is 11.5 Å². The fourth-order valence-electron chi connectivity index (χ4n) is 6.56. The molecule has 3 aliphatic rings. The first-order valence-electron chi connectivity index (χ1n) is 15.4. The molecule has 0 atom stereocenters. The van der Waals surface area contributed by atoms with Gasteiger partial charge in [-0.1, -0.05) is 0 Å². The second-order valence-corrected chi connectivity index (χ2v) is 26.9. The van der Waals surface area contributed by atoms with Gasteiger partial charge in [-0.05, 0) is 0 Å². The monoisotopic (exact) mass is 760 g/mol. The molecular weight excluding hydrogens is 712 g/mol. The van der Waals surface area contributed by atoms with Crippen LogP contribution in [0, 0.1) is 0 Å². The molecule has 0 aromatic heterocycles. The molecule has 0 N–H and O–H groups in total. The summed E-state index contributed by atoms with van der Waals surface area (Å²) in [5.74, 6) is 1.78. The number of nitrogens with zero attached hydrogens (tertiary/aromatic N) is 2. The third-order valence-corrected chi connectivity index (χ3v) is 24.9. The topological polar surface area (TPSA) is 24.9 Å². The number of fused-ring (bicyclic) bond motifs is 2. The van der Waals surface area contributed by atoms with Crippen molar-refractivity contribution in [2.45, 2.75) is 105 Å². The van der Waals surface area contributed by atoms with E-state index < -0.39 is 13.0 Å². The number of benzene rings is 4. The Balaban J connectivity index is 1.75. The molecule has 44 heavy (non-hydrogen) atoms. The standard InChI is InChI=1S/C36H46N2O2P2Se2/c1-33(2,3)25-15-17-27-23(21-25)13-19-29-31(27)32-28-18-16-26(34(4,5)6)22-24(28)14-20-30(32)40-42(44)37(35(7,8)9)41(43,39-29)38(42)36(10,11)12/h13-22H,1-12H3. The van der Waals surface area contributed by atoms with E-state index in [0.29, 0.717) is 0 Å². The molecule has 4 aromatic carbocycles. The van der Waals surface area contributed by atoms with Crippen LogP contribution in [0.2, 0.25) is 0 Å². The summed E-state index contributed by atoms with van der Waals surface area (Å²) in [6, 6.07) is 22.7. The molecule has 4 aromatic rings. The van der Waals surface area contributed by atoms with E-state index in [1.807, 2.05) is 0 Å². The predicted molar refractivity (Wildman–Crippen MR) is 194 cm³/mol. The molecule has 1 fully saturated rings. The number of hydrogen-bond donors (Lipinski definition) is 0. The Kier molecular flexibility index (Phi) is 7.56. The van der Waals surface area contributed by atoms with Crippen molar-refractivity contribution < 1.29 is 9.05 Å². The van der Waals surface area contributed by atoms with Crippen LogP contribution in [0.4, 0.5) is 0 Å². The molecule has 3 heterocycles. The maximum absolute atomic E-state index is 7.44. The molecule has 4 nitrogen and oxygen atoms in total. The molecule has 7 rings (SSSR count). The van der Waals surface area contributed by atoms with Crippen molar-refractivity contribution in [3.05, 3.63) is 71.8 Å². The molecular formula is C36H46N2O2P2Se2. The van der Waals surface area contributed by atoms with Crippen LogP contribution < -0.4 is 9.05 Å². The van der Waals surface area contributed by atoms with Crippen LogP contribution in [-0.2, 0) is 10.8 Å². The zero-order chi connectivity index (χ0) is 32.4. The van der Waals surface area contributed by atoms with Crippen molar-refractivity contribution in [1.29, 1.82) is 0 Å². The van der Waals surface area contributed by atoms with E-state index in [1.165, 1.54) is 32.7 Å². The SMILES string of the molecule is CC(C)(C)c1ccc2c3c(ccc2c1)O[P+]1([Se-])N(C(C)(C)C)[P+]([Se-])(Oc2ccc4cc(C(C)(C)C)ccc4c2-3)N1C(C)(C)C. The summed E-state index contributed by atoms with van der Waals surface area (Å²) in [7, 11) is 0. The molecule has 234 valence electrons. The van der Waals surface area contributed by atoms with Crippen LogP contribution in [0.25, 0.3) is 32.7 Å². The van der Waals surface area contributed by atoms with Crippen molar-refractivity contribution >= 4 is 65.6 Å². The first kappa shape index (κ1) is 32.7. The Labute approximate surface area is 281 Å². The van der Waals surface area contributed by atoms with Crippen LogP contribution in [0.15, 0.2) is 60.7 Å². The van der Waals surface area contributed by atoms with Crippen molar-refractivity contribution in [1.82, 2.24) is 8.88 Å². The minimum absolute atomic E-state index is 0.0496. The van der Waals surface area contributed by atoms with Gasteiger partial charge >= 0.3 is 283 Å². The summed E-state index contributed by atoms with van der Waals surface area (Å²) in [5, 5.41) is 4.77. The summed E-state index contributed by atoms with van der Waals surface area (Å²) in [6.07, 6.45) is 0. The third kappa shape index (κ3) is 5.08. The van der Waals surface area contributed by atoms with Gasteiger partial charge < -0.3 is 0 Å². The van der Waals surface area contributed by atoms with Gasteiger partial charge in [0.15, 0.2) is 0 Å². The first-order valence-corrected chi connectivity index (χ1v) is 23.1. The second-order valence-electron chi connectivity index (χ2n) is 16.3. The van der Waals surface area contributed by atoms with Crippen molar-refractivity contribution in [3.63, 3.8) is 0 Å². The van der Waals surface area contributed by atoms with E-state index in [-0.39, 0.29) is 21.9 Å². The summed E-state index contributed by atoms with van der Waals surface area (Å²) in [5.41, 5.74) is 4.53. The van der Waals surface area contributed by atoms with Gasteiger partial charge in [-0.15, -0.1) is 0 Å². The molecule has 8 heteroatoms. The minimum atomic E-state index is -2.45. The Morgan fingerprint density at radius 2 is 0.841 bits per heavy atom. The van der Waals surface area contributed by atoms with E-state index in [1.54, 1.807) is 0 Å². The molecule has 3 aliphatic heterocycles. The van der Waals surface area contributed by atoms with Gasteiger partial charge in [0.05, 0.1) is 0 Å². The van der Waals surface area contributed by atoms with E-state index in [4.69, 9.17) is 9.05 Å². The average molecular weight is 759 g/mol. The number of hydrogen-bond acceptors (Lipinski definition) is 4. The van der Waals surface area contributed by atoms with E-state index in [0.717, 1.165) is 22.6 Å². The van der Waals surface area contributed by atoms with Crippen LogP contribution >= 0.6 is 13.0 Å². The number of rotatable bonds is 0. The van der Waals surface area contributed by atoms with Crippen molar-refractivity contribution in [3.8, 4) is 22.6 Å². The Morgan fingerprint density at radius 3 is 1.14 bits per heavy atom. The molecule has 0 aliphatic carbocycles. The van der Waals surface area contributed by atoms with Gasteiger partial charge in [0.2, 0.25) is 0 Å². The molecule has 0 radical (unpaired) electrons. The van der Waals surface area contributed by atoms with Gasteiger partial charge in [-0.2, -0.15) is 0 Å². The van der Waals surface area contributed by atoms with Crippen LogP contribution in [0.1, 0.15) is 94.2 Å². The third-order valence-electron chi connectivity index (χ3n) is 8.54. The average Bonchev–Trinajstić information content (AvgIpc) is 2.91. The van der Waals surface area contributed by atoms with E-state index >= 15 is 0 Å². The molecule has 2 bridgehead atoms. The second kappa shape index (κ2) is 10.2. The van der Waals surface area contributed by atoms with Crippen molar-refractivity contribution in [2.75, 3.05) is 0 Å². The summed E-state index contributed by atoms with van der Waals surface area (Å²) >= 11 is 7.26. The summed E-state index contributed by atoms with van der Waals surface area (Å²) in [6.45, 7) is 22.3. The zero-order valence-corrected chi connectivity index (χ0v) is 33.4. The molecule has 1 saturated heterocycles. The molecule has 0 amide bonds. The fraction of sp³-hybridized carbons (Fsp3) is 0.444. The normalized spacial score (nSPS) is 23.1. The Hall–Kier alpha value is -1.18. The van der Waals surface area contributed by atoms with Crippen molar-refractivity contribution in [2.24, 2.45) is 0 Å². The first-order chi connectivity index (χ1) is 20.1. The Morgan fingerprint density at radius 1 is 0.500 bits per heavy atom. The fourth-order valence-corrected chi connectivity index (χ4v) is 33.1. The molecule has 0 saturated carbocycles. The van der Waals surface area contributed by atoms with E-state index in [2.05, 4.69) is 184 Å². The molecule has 0 spiro atoms. The van der Waals surface area contributed by atoms with Crippen LogP contribution in [-0.4, -0.2) is 51.1 Å². The van der Waals surface area contributed by atoms with Gasteiger partial charge in [-0.3, -0.25) is 0 Å². The summed E-state index contributed by atoms with van der Waals surface area (Å²) in [4.78, 5) is 0. The molecule has 0 unspecified atom stereocenters. The zero-order valence-electron chi connectivity index (χ0n) is 28.2. The Bertz CT molecular complexity index is 1670.